The molecule has 4 heteroatoms. The van der Waals surface area contributed by atoms with Crippen molar-refractivity contribution >= 4 is 12.2 Å². The van der Waals surface area contributed by atoms with Crippen LogP contribution in [0.4, 0.5) is 5.95 Å². The summed E-state index contributed by atoms with van der Waals surface area (Å²) < 4.78 is 0. The van der Waals surface area contributed by atoms with Crippen LogP contribution in [0.1, 0.15) is 24.2 Å². The van der Waals surface area contributed by atoms with E-state index >= 15 is 0 Å². The minimum absolute atomic E-state index is 0.296. The van der Waals surface area contributed by atoms with Gasteiger partial charge in [0.15, 0.2) is 6.29 Å². The van der Waals surface area contributed by atoms with Crippen LogP contribution in [0.2, 0.25) is 0 Å². The third kappa shape index (κ3) is 2.87. The van der Waals surface area contributed by atoms with Crippen LogP contribution in [-0.4, -0.2) is 28.8 Å². The predicted octanol–water partition coefficient (Wildman–Crippen LogP) is 1.69. The van der Waals surface area contributed by atoms with E-state index in [-0.39, 0.29) is 0 Å². The van der Waals surface area contributed by atoms with Gasteiger partial charge in [0.1, 0.15) is 0 Å². The number of anilines is 1. The summed E-state index contributed by atoms with van der Waals surface area (Å²) in [6.45, 7) is 8.49. The standard InChI is InChI=1S/C11H15N3O/c1-4-5-14(9(2)3)11-12-6-10(8-15)7-13-11/h4,6-9H,1,5H2,2-3H3. The highest BCUT2D eigenvalue weighted by Crippen LogP contribution is 2.10. The average molecular weight is 205 g/mol. The lowest BCUT2D eigenvalue weighted by atomic mass is 10.3. The molecule has 0 bridgehead atoms. The van der Waals surface area contributed by atoms with Gasteiger partial charge in [-0.2, -0.15) is 0 Å². The first-order valence-electron chi connectivity index (χ1n) is 4.83. The molecule has 4 nitrogen and oxygen atoms in total. The van der Waals surface area contributed by atoms with Crippen LogP contribution < -0.4 is 4.90 Å². The van der Waals surface area contributed by atoms with Crippen LogP contribution >= 0.6 is 0 Å². The van der Waals surface area contributed by atoms with Crippen molar-refractivity contribution in [3.8, 4) is 0 Å². The number of carbonyl (C=O) groups is 1. The number of hydrogen-bond donors (Lipinski definition) is 0. The molecular weight excluding hydrogens is 190 g/mol. The van der Waals surface area contributed by atoms with E-state index in [9.17, 15) is 4.79 Å². The lowest BCUT2D eigenvalue weighted by molar-refractivity contribution is 0.112. The molecule has 0 N–H and O–H groups in total. The highest BCUT2D eigenvalue weighted by molar-refractivity contribution is 5.73. The van der Waals surface area contributed by atoms with Gasteiger partial charge in [0.25, 0.3) is 0 Å². The summed E-state index contributed by atoms with van der Waals surface area (Å²) in [7, 11) is 0. The Balaban J connectivity index is 2.90. The van der Waals surface area contributed by atoms with Crippen LogP contribution in [0.3, 0.4) is 0 Å². The van der Waals surface area contributed by atoms with Gasteiger partial charge in [-0.05, 0) is 13.8 Å². The molecular formula is C11H15N3O. The molecule has 15 heavy (non-hydrogen) atoms. The minimum Gasteiger partial charge on any atom is -0.335 e. The average Bonchev–Trinajstić information content (AvgIpc) is 2.26. The van der Waals surface area contributed by atoms with Crippen LogP contribution in [0.25, 0.3) is 0 Å². The van der Waals surface area contributed by atoms with Crippen molar-refractivity contribution < 1.29 is 4.79 Å². The van der Waals surface area contributed by atoms with E-state index in [1.54, 1.807) is 6.08 Å². The first kappa shape index (κ1) is 11.4. The van der Waals surface area contributed by atoms with Gasteiger partial charge in [-0.25, -0.2) is 9.97 Å². The maximum atomic E-state index is 10.4. The Bertz CT molecular complexity index is 332. The van der Waals surface area contributed by atoms with Gasteiger partial charge in [0.05, 0.1) is 5.56 Å². The van der Waals surface area contributed by atoms with Crippen molar-refractivity contribution in [2.75, 3.05) is 11.4 Å². The van der Waals surface area contributed by atoms with Crippen LogP contribution in [0.15, 0.2) is 25.0 Å². The van der Waals surface area contributed by atoms with Gasteiger partial charge in [0, 0.05) is 25.0 Å². The lowest BCUT2D eigenvalue weighted by Crippen LogP contribution is -2.32. The summed E-state index contributed by atoms with van der Waals surface area (Å²) in [5.41, 5.74) is 0.487. The molecule has 0 fully saturated rings. The van der Waals surface area contributed by atoms with Gasteiger partial charge in [-0.15, -0.1) is 6.58 Å². The first-order valence-corrected chi connectivity index (χ1v) is 4.83. The Morgan fingerprint density at radius 1 is 1.47 bits per heavy atom. The summed E-state index contributed by atoms with van der Waals surface area (Å²) in [4.78, 5) is 20.7. The lowest BCUT2D eigenvalue weighted by Gasteiger charge is -2.24. The molecule has 0 saturated heterocycles. The molecule has 80 valence electrons. The molecule has 0 aromatic carbocycles. The van der Waals surface area contributed by atoms with E-state index in [4.69, 9.17) is 0 Å². The van der Waals surface area contributed by atoms with Crippen LogP contribution in [-0.2, 0) is 0 Å². The fourth-order valence-electron chi connectivity index (χ4n) is 1.20. The maximum absolute atomic E-state index is 10.4. The summed E-state index contributed by atoms with van der Waals surface area (Å²) in [5, 5.41) is 0. The normalized spacial score (nSPS) is 10.1. The van der Waals surface area contributed by atoms with Gasteiger partial charge in [-0.3, -0.25) is 4.79 Å². The number of nitrogens with zero attached hydrogens (tertiary/aromatic N) is 3. The predicted molar refractivity (Wildman–Crippen MR) is 60.1 cm³/mol. The minimum atomic E-state index is 0.296. The Kier molecular flexibility index (Phi) is 3.97. The van der Waals surface area contributed by atoms with Crippen molar-refractivity contribution in [3.05, 3.63) is 30.6 Å². The van der Waals surface area contributed by atoms with Gasteiger partial charge < -0.3 is 4.90 Å². The SMILES string of the molecule is C=CCN(c1ncc(C=O)cn1)C(C)C. The summed E-state index contributed by atoms with van der Waals surface area (Å²) in [5.74, 6) is 0.621. The van der Waals surface area contributed by atoms with Crippen molar-refractivity contribution in [1.82, 2.24) is 9.97 Å². The van der Waals surface area contributed by atoms with E-state index < -0.39 is 0 Å². The van der Waals surface area contributed by atoms with Gasteiger partial charge in [-0.1, -0.05) is 6.08 Å². The second-order valence-corrected chi connectivity index (χ2v) is 3.47. The highest BCUT2D eigenvalue weighted by Gasteiger charge is 2.11. The number of carbonyl (C=O) groups excluding carboxylic acids is 1. The Morgan fingerprint density at radius 2 is 2.07 bits per heavy atom. The molecule has 1 rings (SSSR count). The first-order chi connectivity index (χ1) is 7.19. The molecule has 0 unspecified atom stereocenters. The van der Waals surface area contributed by atoms with Crippen molar-refractivity contribution in [3.63, 3.8) is 0 Å². The zero-order valence-electron chi connectivity index (χ0n) is 9.05. The van der Waals surface area contributed by atoms with Gasteiger partial charge >= 0.3 is 0 Å². The fraction of sp³-hybridized carbons (Fsp3) is 0.364. The van der Waals surface area contributed by atoms with Crippen molar-refractivity contribution in [2.24, 2.45) is 0 Å². The van der Waals surface area contributed by atoms with Crippen molar-refractivity contribution in [1.29, 1.82) is 0 Å². The third-order valence-corrected chi connectivity index (χ3v) is 2.00. The number of aromatic nitrogens is 2. The molecule has 1 aromatic heterocycles. The summed E-state index contributed by atoms with van der Waals surface area (Å²) in [6.07, 6.45) is 5.58. The van der Waals surface area contributed by atoms with E-state index in [2.05, 4.69) is 30.4 Å². The summed E-state index contributed by atoms with van der Waals surface area (Å²) in [6, 6.07) is 0.296. The zero-order valence-corrected chi connectivity index (χ0v) is 9.05. The third-order valence-electron chi connectivity index (χ3n) is 2.00. The molecule has 0 aliphatic heterocycles. The smallest absolute Gasteiger partial charge is 0.225 e. The van der Waals surface area contributed by atoms with Crippen molar-refractivity contribution in [2.45, 2.75) is 19.9 Å². The van der Waals surface area contributed by atoms with Crippen LogP contribution in [0.5, 0.6) is 0 Å². The molecule has 0 aliphatic rings. The molecule has 0 atom stereocenters. The van der Waals surface area contributed by atoms with E-state index in [0.717, 1.165) is 6.29 Å². The number of rotatable bonds is 5. The Morgan fingerprint density at radius 3 is 2.47 bits per heavy atom. The molecule has 0 amide bonds. The molecule has 0 aliphatic carbocycles. The van der Waals surface area contributed by atoms with E-state index in [0.29, 0.717) is 24.1 Å². The monoisotopic (exact) mass is 205 g/mol. The quantitative estimate of drug-likeness (QED) is 0.542. The fourth-order valence-corrected chi connectivity index (χ4v) is 1.20. The largest absolute Gasteiger partial charge is 0.335 e. The Hall–Kier alpha value is -1.71. The zero-order chi connectivity index (χ0) is 11.3. The molecule has 0 radical (unpaired) electrons. The molecule has 1 heterocycles. The molecule has 0 spiro atoms. The number of hydrogen-bond acceptors (Lipinski definition) is 4. The highest BCUT2D eigenvalue weighted by atomic mass is 16.1. The second kappa shape index (κ2) is 5.24. The van der Waals surface area contributed by atoms with E-state index in [1.807, 2.05) is 4.90 Å². The Labute approximate surface area is 89.7 Å². The van der Waals surface area contributed by atoms with E-state index in [1.165, 1.54) is 12.4 Å². The summed E-state index contributed by atoms with van der Waals surface area (Å²) >= 11 is 0. The van der Waals surface area contributed by atoms with Gasteiger partial charge in [0.2, 0.25) is 5.95 Å². The number of aldehydes is 1. The van der Waals surface area contributed by atoms with Crippen LogP contribution in [0, 0.1) is 0 Å². The molecule has 0 saturated carbocycles. The maximum Gasteiger partial charge on any atom is 0.225 e. The topological polar surface area (TPSA) is 46.1 Å². The second-order valence-electron chi connectivity index (χ2n) is 3.47. The molecule has 1 aromatic rings.